The van der Waals surface area contributed by atoms with Crippen LogP contribution >= 0.6 is 15.9 Å². The molecule has 0 aliphatic carbocycles. The molecule has 0 heterocycles. The van der Waals surface area contributed by atoms with Crippen molar-refractivity contribution >= 4 is 21.6 Å². The van der Waals surface area contributed by atoms with Gasteiger partial charge in [-0.25, -0.2) is 0 Å². The first-order valence-corrected chi connectivity index (χ1v) is 7.39. The molecule has 1 aromatic rings. The Bertz CT molecular complexity index is 464. The molecular weight excluding hydrogens is 324 g/mol. The number of nitrogens with one attached hydrogen (secondary N) is 1. The van der Waals surface area contributed by atoms with Crippen LogP contribution in [-0.2, 0) is 6.54 Å². The number of nitro benzene ring substituents is 1. The van der Waals surface area contributed by atoms with Crippen LogP contribution < -0.4 is 5.32 Å². The normalized spacial score (nSPS) is 11.6. The van der Waals surface area contributed by atoms with Gasteiger partial charge in [-0.15, -0.1) is 0 Å². The molecule has 112 valence electrons. The first-order valence-electron chi connectivity index (χ1n) is 6.60. The zero-order valence-corrected chi connectivity index (χ0v) is 13.4. The number of halogens is 1. The summed E-state index contributed by atoms with van der Waals surface area (Å²) in [5, 5.41) is 23.1. The zero-order chi connectivity index (χ0) is 15.2. The summed E-state index contributed by atoms with van der Waals surface area (Å²) in [6.45, 7) is 5.64. The lowest BCUT2D eigenvalue weighted by atomic mass is 9.88. The van der Waals surface area contributed by atoms with Gasteiger partial charge in [0.05, 0.1) is 4.92 Å². The molecule has 0 aliphatic rings. The van der Waals surface area contributed by atoms with E-state index in [2.05, 4.69) is 35.1 Å². The van der Waals surface area contributed by atoms with E-state index in [-0.39, 0.29) is 22.6 Å². The Morgan fingerprint density at radius 2 is 2.15 bits per heavy atom. The molecule has 1 aromatic carbocycles. The zero-order valence-electron chi connectivity index (χ0n) is 11.9. The molecule has 0 amide bonds. The van der Waals surface area contributed by atoms with Crippen LogP contribution in [0.25, 0.3) is 0 Å². The fourth-order valence-corrected chi connectivity index (χ4v) is 2.39. The van der Waals surface area contributed by atoms with E-state index >= 15 is 0 Å². The molecular formula is C14H21BrN2O3. The molecule has 0 unspecified atom stereocenters. The Morgan fingerprint density at radius 3 is 2.75 bits per heavy atom. The molecule has 0 aliphatic heterocycles. The summed E-state index contributed by atoms with van der Waals surface area (Å²) in [6, 6.07) is 5.09. The van der Waals surface area contributed by atoms with E-state index in [0.717, 1.165) is 19.4 Å². The molecule has 0 saturated heterocycles. The molecule has 5 nitrogen and oxygen atoms in total. The van der Waals surface area contributed by atoms with Crippen molar-refractivity contribution in [2.45, 2.75) is 33.2 Å². The Kier molecular flexibility index (Phi) is 6.58. The third-order valence-electron chi connectivity index (χ3n) is 3.17. The lowest BCUT2D eigenvalue weighted by molar-refractivity contribution is -0.385. The lowest BCUT2D eigenvalue weighted by Crippen LogP contribution is -2.29. The topological polar surface area (TPSA) is 75.4 Å². The number of benzene rings is 1. The number of hydrogen-bond acceptors (Lipinski definition) is 4. The molecule has 0 saturated carbocycles. The van der Waals surface area contributed by atoms with Crippen LogP contribution in [-0.4, -0.2) is 23.2 Å². The van der Waals surface area contributed by atoms with Gasteiger partial charge in [0.1, 0.15) is 0 Å². The summed E-state index contributed by atoms with van der Waals surface area (Å²) in [6.07, 6.45) is 1.69. The number of hydrogen-bond donors (Lipinski definition) is 2. The lowest BCUT2D eigenvalue weighted by Gasteiger charge is -2.24. The van der Waals surface area contributed by atoms with E-state index < -0.39 is 0 Å². The molecule has 0 atom stereocenters. The molecule has 1 rings (SSSR count). The van der Waals surface area contributed by atoms with E-state index in [1.54, 1.807) is 12.1 Å². The van der Waals surface area contributed by atoms with Gasteiger partial charge < -0.3 is 10.4 Å². The van der Waals surface area contributed by atoms with E-state index in [1.165, 1.54) is 6.07 Å². The van der Waals surface area contributed by atoms with E-state index in [0.29, 0.717) is 16.6 Å². The van der Waals surface area contributed by atoms with E-state index in [1.807, 2.05) is 0 Å². The van der Waals surface area contributed by atoms with Gasteiger partial charge in [-0.05, 0) is 30.4 Å². The first-order chi connectivity index (χ1) is 9.35. The van der Waals surface area contributed by atoms with Crippen molar-refractivity contribution in [3.8, 4) is 0 Å². The molecule has 0 spiro atoms. The Balaban J connectivity index is 2.60. The quantitative estimate of drug-likeness (QED) is 0.560. The number of aliphatic hydroxyl groups is 1. The van der Waals surface area contributed by atoms with Gasteiger partial charge in [0.15, 0.2) is 0 Å². The molecule has 20 heavy (non-hydrogen) atoms. The highest BCUT2D eigenvalue weighted by Gasteiger charge is 2.18. The third-order valence-corrected chi connectivity index (χ3v) is 3.67. The van der Waals surface area contributed by atoms with Crippen LogP contribution in [0.2, 0.25) is 0 Å². The van der Waals surface area contributed by atoms with Gasteiger partial charge in [0.25, 0.3) is 5.69 Å². The third kappa shape index (κ3) is 5.56. The van der Waals surface area contributed by atoms with Crippen LogP contribution in [0, 0.1) is 15.5 Å². The minimum atomic E-state index is -0.362. The van der Waals surface area contributed by atoms with Crippen LogP contribution in [0.3, 0.4) is 0 Å². The summed E-state index contributed by atoms with van der Waals surface area (Å²) in [5.41, 5.74) is 0.864. The van der Waals surface area contributed by atoms with Gasteiger partial charge in [0.2, 0.25) is 0 Å². The molecule has 0 radical (unpaired) electrons. The maximum absolute atomic E-state index is 11.0. The summed E-state index contributed by atoms with van der Waals surface area (Å²) in [5.74, 6) is 0. The standard InChI is InChI=1S/C14H21BrN2O3/c1-14(2,6-3-7-18)10-16-9-11-4-5-12(15)8-13(11)17(19)20/h4-5,8,16,18H,3,6-7,9-10H2,1-2H3. The van der Waals surface area contributed by atoms with E-state index in [4.69, 9.17) is 5.11 Å². The van der Waals surface area contributed by atoms with Gasteiger partial charge in [-0.1, -0.05) is 29.8 Å². The van der Waals surface area contributed by atoms with Crippen molar-refractivity contribution < 1.29 is 10.0 Å². The number of nitro groups is 1. The van der Waals surface area contributed by atoms with Crippen molar-refractivity contribution in [3.05, 3.63) is 38.3 Å². The number of rotatable bonds is 8. The average Bonchev–Trinajstić information content (AvgIpc) is 2.38. The van der Waals surface area contributed by atoms with Crippen molar-refractivity contribution in [1.29, 1.82) is 0 Å². The largest absolute Gasteiger partial charge is 0.396 e. The van der Waals surface area contributed by atoms with Crippen LogP contribution in [0.4, 0.5) is 5.69 Å². The van der Waals surface area contributed by atoms with Gasteiger partial charge >= 0.3 is 0 Å². The monoisotopic (exact) mass is 344 g/mol. The van der Waals surface area contributed by atoms with Crippen molar-refractivity contribution in [2.75, 3.05) is 13.2 Å². The second kappa shape index (κ2) is 7.71. The van der Waals surface area contributed by atoms with Crippen molar-refractivity contribution in [1.82, 2.24) is 5.32 Å². The maximum Gasteiger partial charge on any atom is 0.275 e. The molecule has 2 N–H and O–H groups in total. The smallest absolute Gasteiger partial charge is 0.275 e. The second-order valence-corrected chi connectivity index (χ2v) is 6.54. The number of aliphatic hydroxyl groups excluding tert-OH is 1. The highest BCUT2D eigenvalue weighted by atomic mass is 79.9. The Hall–Kier alpha value is -0.980. The van der Waals surface area contributed by atoms with Crippen LogP contribution in [0.5, 0.6) is 0 Å². The molecule has 0 fully saturated rings. The highest BCUT2D eigenvalue weighted by Crippen LogP contribution is 2.24. The molecule has 0 bridgehead atoms. The highest BCUT2D eigenvalue weighted by molar-refractivity contribution is 9.10. The SMILES string of the molecule is CC(C)(CCCO)CNCc1ccc(Br)cc1[N+](=O)[O-]. The predicted octanol–water partition coefficient (Wildman–Crippen LogP) is 3.25. The second-order valence-electron chi connectivity index (χ2n) is 5.63. The van der Waals surface area contributed by atoms with E-state index in [9.17, 15) is 10.1 Å². The van der Waals surface area contributed by atoms with Gasteiger partial charge in [-0.2, -0.15) is 0 Å². The fraction of sp³-hybridized carbons (Fsp3) is 0.571. The van der Waals surface area contributed by atoms with Crippen LogP contribution in [0.1, 0.15) is 32.3 Å². The summed E-state index contributed by atoms with van der Waals surface area (Å²) < 4.78 is 0.705. The minimum absolute atomic E-state index is 0.0624. The average molecular weight is 345 g/mol. The predicted molar refractivity (Wildman–Crippen MR) is 82.6 cm³/mol. The van der Waals surface area contributed by atoms with Gasteiger partial charge in [-0.3, -0.25) is 10.1 Å². The molecule has 0 aromatic heterocycles. The number of nitrogens with zero attached hydrogens (tertiary/aromatic N) is 1. The van der Waals surface area contributed by atoms with Crippen LogP contribution in [0.15, 0.2) is 22.7 Å². The first kappa shape index (κ1) is 17.1. The summed E-state index contributed by atoms with van der Waals surface area (Å²) >= 11 is 3.24. The molecule has 6 heteroatoms. The summed E-state index contributed by atoms with van der Waals surface area (Å²) in [7, 11) is 0. The minimum Gasteiger partial charge on any atom is -0.396 e. The summed E-state index contributed by atoms with van der Waals surface area (Å²) in [4.78, 5) is 10.6. The Morgan fingerprint density at radius 1 is 1.45 bits per heavy atom. The Labute approximate surface area is 127 Å². The van der Waals surface area contributed by atoms with Crippen molar-refractivity contribution in [3.63, 3.8) is 0 Å². The maximum atomic E-state index is 11.0. The van der Waals surface area contributed by atoms with Crippen molar-refractivity contribution in [2.24, 2.45) is 5.41 Å². The fourth-order valence-electron chi connectivity index (χ4n) is 2.04. The van der Waals surface area contributed by atoms with Gasteiger partial charge in [0, 0.05) is 35.8 Å².